The van der Waals surface area contributed by atoms with Gasteiger partial charge >= 0.3 is 0 Å². The van der Waals surface area contributed by atoms with Gasteiger partial charge < -0.3 is 5.11 Å². The summed E-state index contributed by atoms with van der Waals surface area (Å²) < 4.78 is 1.96. The topological polar surface area (TPSA) is 50.9 Å². The molecule has 82 valence electrons. The molecular formula is C11H17N3O. The number of aliphatic hydroxyl groups is 1. The van der Waals surface area contributed by atoms with Gasteiger partial charge in [0.25, 0.3) is 0 Å². The summed E-state index contributed by atoms with van der Waals surface area (Å²) in [6.07, 6.45) is 7.91. The van der Waals surface area contributed by atoms with Gasteiger partial charge in [-0.05, 0) is 37.0 Å². The standard InChI is InChI=1S/C11H17N3O/c15-8-11(3-4-11)5-10-7-14(13-12-10)6-9-1-2-9/h7,9,15H,1-6,8H2. The third-order valence-electron chi connectivity index (χ3n) is 3.58. The van der Waals surface area contributed by atoms with Crippen LogP contribution in [-0.4, -0.2) is 26.7 Å². The first kappa shape index (κ1) is 9.33. The van der Waals surface area contributed by atoms with Gasteiger partial charge in [0.1, 0.15) is 0 Å². The Morgan fingerprint density at radius 3 is 2.87 bits per heavy atom. The van der Waals surface area contributed by atoms with Crippen molar-refractivity contribution in [2.24, 2.45) is 11.3 Å². The van der Waals surface area contributed by atoms with Crippen molar-refractivity contribution in [1.29, 1.82) is 0 Å². The molecule has 0 aromatic carbocycles. The minimum atomic E-state index is 0.153. The SMILES string of the molecule is OCC1(Cc2cn(CC3CC3)nn2)CC1. The number of rotatable bonds is 5. The maximum atomic E-state index is 9.23. The Bertz CT molecular complexity index is 352. The fraction of sp³-hybridized carbons (Fsp3) is 0.818. The van der Waals surface area contributed by atoms with Crippen molar-refractivity contribution in [3.63, 3.8) is 0 Å². The molecule has 2 fully saturated rings. The fourth-order valence-corrected chi connectivity index (χ4v) is 2.03. The Labute approximate surface area is 89.3 Å². The van der Waals surface area contributed by atoms with Gasteiger partial charge in [0.15, 0.2) is 0 Å². The van der Waals surface area contributed by atoms with Gasteiger partial charge in [0, 0.05) is 25.8 Å². The van der Waals surface area contributed by atoms with E-state index in [-0.39, 0.29) is 5.41 Å². The molecule has 0 radical (unpaired) electrons. The molecule has 15 heavy (non-hydrogen) atoms. The fourth-order valence-electron chi connectivity index (χ4n) is 2.03. The number of hydrogen-bond donors (Lipinski definition) is 1. The lowest BCUT2D eigenvalue weighted by molar-refractivity contribution is 0.210. The Morgan fingerprint density at radius 1 is 1.47 bits per heavy atom. The Balaban J connectivity index is 1.62. The summed E-state index contributed by atoms with van der Waals surface area (Å²) in [4.78, 5) is 0. The molecule has 0 atom stereocenters. The van der Waals surface area contributed by atoms with E-state index in [1.807, 2.05) is 10.9 Å². The number of hydrogen-bond acceptors (Lipinski definition) is 3. The molecule has 3 rings (SSSR count). The molecule has 4 heteroatoms. The number of aliphatic hydroxyl groups excluding tert-OH is 1. The molecule has 2 aliphatic rings. The van der Waals surface area contributed by atoms with Crippen LogP contribution in [0, 0.1) is 11.3 Å². The second-order valence-electron chi connectivity index (χ2n) is 5.21. The molecule has 0 saturated heterocycles. The zero-order chi connectivity index (χ0) is 10.3. The molecule has 0 amide bonds. The third kappa shape index (κ3) is 2.04. The van der Waals surface area contributed by atoms with Crippen molar-refractivity contribution in [2.45, 2.75) is 38.6 Å². The van der Waals surface area contributed by atoms with E-state index in [9.17, 15) is 5.11 Å². The van der Waals surface area contributed by atoms with Crippen molar-refractivity contribution in [3.05, 3.63) is 11.9 Å². The molecule has 0 aliphatic heterocycles. The molecule has 0 unspecified atom stereocenters. The molecule has 2 aliphatic carbocycles. The first-order valence-electron chi connectivity index (χ1n) is 5.80. The van der Waals surface area contributed by atoms with Crippen LogP contribution in [0.4, 0.5) is 0 Å². The van der Waals surface area contributed by atoms with Gasteiger partial charge in [0.2, 0.25) is 0 Å². The maximum Gasteiger partial charge on any atom is 0.0833 e. The monoisotopic (exact) mass is 207 g/mol. The molecule has 1 aromatic heterocycles. The van der Waals surface area contributed by atoms with E-state index in [0.717, 1.165) is 37.4 Å². The highest BCUT2D eigenvalue weighted by Gasteiger charge is 2.42. The average Bonchev–Trinajstić information content (AvgIpc) is 3.11. The van der Waals surface area contributed by atoms with Gasteiger partial charge in [0.05, 0.1) is 5.69 Å². The van der Waals surface area contributed by atoms with Gasteiger partial charge in [-0.1, -0.05) is 5.21 Å². The summed E-state index contributed by atoms with van der Waals surface area (Å²) in [6.45, 7) is 1.32. The van der Waals surface area contributed by atoms with E-state index < -0.39 is 0 Å². The smallest absolute Gasteiger partial charge is 0.0833 e. The second-order valence-corrected chi connectivity index (χ2v) is 5.21. The molecule has 0 bridgehead atoms. The molecule has 1 heterocycles. The zero-order valence-corrected chi connectivity index (χ0v) is 8.89. The Hall–Kier alpha value is -0.900. The summed E-state index contributed by atoms with van der Waals surface area (Å²) >= 11 is 0. The second kappa shape index (κ2) is 3.30. The van der Waals surface area contributed by atoms with Crippen LogP contribution in [0.2, 0.25) is 0 Å². The van der Waals surface area contributed by atoms with E-state index in [1.165, 1.54) is 12.8 Å². The van der Waals surface area contributed by atoms with Crippen LogP contribution >= 0.6 is 0 Å². The van der Waals surface area contributed by atoms with Crippen LogP contribution in [0.3, 0.4) is 0 Å². The first-order chi connectivity index (χ1) is 7.30. The van der Waals surface area contributed by atoms with E-state index in [1.54, 1.807) is 0 Å². The highest BCUT2D eigenvalue weighted by Crippen LogP contribution is 2.47. The van der Waals surface area contributed by atoms with Crippen molar-refractivity contribution < 1.29 is 5.11 Å². The van der Waals surface area contributed by atoms with Crippen molar-refractivity contribution in [3.8, 4) is 0 Å². The molecule has 4 nitrogen and oxygen atoms in total. The Morgan fingerprint density at radius 2 is 2.27 bits per heavy atom. The normalized spacial score (nSPS) is 23.0. The summed E-state index contributed by atoms with van der Waals surface area (Å²) in [7, 11) is 0. The number of aromatic nitrogens is 3. The van der Waals surface area contributed by atoms with Crippen molar-refractivity contribution in [1.82, 2.24) is 15.0 Å². The Kier molecular flexibility index (Phi) is 2.06. The summed E-state index contributed by atoms with van der Waals surface area (Å²) in [5.74, 6) is 0.840. The number of nitrogens with zero attached hydrogens (tertiary/aromatic N) is 3. The lowest BCUT2D eigenvalue weighted by atomic mass is 10.0. The molecule has 1 aromatic rings. The predicted octanol–water partition coefficient (Wildman–Crippen LogP) is 1.00. The van der Waals surface area contributed by atoms with Crippen molar-refractivity contribution >= 4 is 0 Å². The van der Waals surface area contributed by atoms with Gasteiger partial charge in [-0.2, -0.15) is 0 Å². The molecule has 1 N–H and O–H groups in total. The predicted molar refractivity (Wildman–Crippen MR) is 55.2 cm³/mol. The third-order valence-corrected chi connectivity index (χ3v) is 3.58. The van der Waals surface area contributed by atoms with Gasteiger partial charge in [-0.15, -0.1) is 5.10 Å². The van der Waals surface area contributed by atoms with Crippen molar-refractivity contribution in [2.75, 3.05) is 6.61 Å². The van der Waals surface area contributed by atoms with Gasteiger partial charge in [-0.3, -0.25) is 4.68 Å². The highest BCUT2D eigenvalue weighted by atomic mass is 16.3. The van der Waals surface area contributed by atoms with E-state index in [2.05, 4.69) is 10.3 Å². The minimum absolute atomic E-state index is 0.153. The first-order valence-corrected chi connectivity index (χ1v) is 5.80. The quantitative estimate of drug-likeness (QED) is 0.783. The maximum absolute atomic E-state index is 9.23. The lowest BCUT2D eigenvalue weighted by Crippen LogP contribution is -2.10. The van der Waals surface area contributed by atoms with Crippen LogP contribution in [0.5, 0.6) is 0 Å². The van der Waals surface area contributed by atoms with Crippen LogP contribution in [-0.2, 0) is 13.0 Å². The minimum Gasteiger partial charge on any atom is -0.396 e. The average molecular weight is 207 g/mol. The highest BCUT2D eigenvalue weighted by molar-refractivity contribution is 5.05. The van der Waals surface area contributed by atoms with E-state index >= 15 is 0 Å². The van der Waals surface area contributed by atoms with Crippen LogP contribution in [0.25, 0.3) is 0 Å². The van der Waals surface area contributed by atoms with Crippen LogP contribution in [0.1, 0.15) is 31.4 Å². The summed E-state index contributed by atoms with van der Waals surface area (Å²) in [5.41, 5.74) is 1.20. The molecule has 2 saturated carbocycles. The summed E-state index contributed by atoms with van der Waals surface area (Å²) in [5, 5.41) is 17.5. The molecule has 0 spiro atoms. The van der Waals surface area contributed by atoms with Crippen LogP contribution < -0.4 is 0 Å². The largest absolute Gasteiger partial charge is 0.396 e. The van der Waals surface area contributed by atoms with Gasteiger partial charge in [-0.25, -0.2) is 0 Å². The van der Waals surface area contributed by atoms with Crippen LogP contribution in [0.15, 0.2) is 6.20 Å². The molecular weight excluding hydrogens is 190 g/mol. The van der Waals surface area contributed by atoms with E-state index in [0.29, 0.717) is 6.61 Å². The zero-order valence-electron chi connectivity index (χ0n) is 8.89. The lowest BCUT2D eigenvalue weighted by Gasteiger charge is -2.07. The summed E-state index contributed by atoms with van der Waals surface area (Å²) in [6, 6.07) is 0. The van der Waals surface area contributed by atoms with E-state index in [4.69, 9.17) is 0 Å².